The minimum absolute atomic E-state index is 0.0729. The van der Waals surface area contributed by atoms with E-state index < -0.39 is 0 Å². The van der Waals surface area contributed by atoms with Gasteiger partial charge in [0, 0.05) is 47.9 Å². The summed E-state index contributed by atoms with van der Waals surface area (Å²) < 4.78 is 0. The summed E-state index contributed by atoms with van der Waals surface area (Å²) in [6, 6.07) is 5.05. The van der Waals surface area contributed by atoms with E-state index in [9.17, 15) is 10.1 Å². The molecule has 0 bridgehead atoms. The lowest BCUT2D eigenvalue weighted by molar-refractivity contribution is -0.383. The summed E-state index contributed by atoms with van der Waals surface area (Å²) in [7, 11) is 0. The van der Waals surface area contributed by atoms with Gasteiger partial charge in [-0.05, 0) is 19.1 Å². The highest BCUT2D eigenvalue weighted by molar-refractivity contribution is 7.09. The standard InChI is InChI=1S/C15H14N4O2S/c1-10-18-11(9-22-10)4-7-17-14-2-3-15(19(20)21)13-8-16-6-5-12(13)14/h2-3,5-6,8-9,17H,4,7H2,1H3. The van der Waals surface area contributed by atoms with E-state index in [0.29, 0.717) is 5.39 Å². The first-order chi connectivity index (χ1) is 10.6. The maximum Gasteiger partial charge on any atom is 0.278 e. The number of aromatic nitrogens is 2. The minimum Gasteiger partial charge on any atom is -0.384 e. The number of hydrogen-bond donors (Lipinski definition) is 1. The van der Waals surface area contributed by atoms with Gasteiger partial charge in [0.2, 0.25) is 0 Å². The number of anilines is 1. The quantitative estimate of drug-likeness (QED) is 0.575. The Morgan fingerprint density at radius 2 is 2.18 bits per heavy atom. The number of fused-ring (bicyclic) bond motifs is 1. The Hall–Kier alpha value is -2.54. The van der Waals surface area contributed by atoms with Gasteiger partial charge < -0.3 is 5.32 Å². The number of pyridine rings is 1. The van der Waals surface area contributed by atoms with Gasteiger partial charge in [-0.1, -0.05) is 0 Å². The average molecular weight is 314 g/mol. The van der Waals surface area contributed by atoms with Crippen molar-refractivity contribution >= 4 is 33.5 Å². The van der Waals surface area contributed by atoms with E-state index in [0.717, 1.165) is 34.7 Å². The molecule has 3 aromatic rings. The van der Waals surface area contributed by atoms with Gasteiger partial charge in [0.05, 0.1) is 21.0 Å². The molecule has 0 aliphatic carbocycles. The molecule has 0 fully saturated rings. The van der Waals surface area contributed by atoms with Crippen LogP contribution in [0.4, 0.5) is 11.4 Å². The largest absolute Gasteiger partial charge is 0.384 e. The Morgan fingerprint density at radius 1 is 1.32 bits per heavy atom. The smallest absolute Gasteiger partial charge is 0.278 e. The fourth-order valence-corrected chi connectivity index (χ4v) is 2.98. The van der Waals surface area contributed by atoms with Gasteiger partial charge in [0.25, 0.3) is 5.69 Å². The molecule has 0 saturated carbocycles. The van der Waals surface area contributed by atoms with Crippen molar-refractivity contribution in [2.75, 3.05) is 11.9 Å². The van der Waals surface area contributed by atoms with E-state index >= 15 is 0 Å². The third-order valence-corrected chi connectivity index (χ3v) is 4.18. The molecule has 112 valence electrons. The van der Waals surface area contributed by atoms with Crippen LogP contribution < -0.4 is 5.32 Å². The highest BCUT2D eigenvalue weighted by Gasteiger charge is 2.14. The van der Waals surface area contributed by atoms with E-state index in [2.05, 4.69) is 20.7 Å². The van der Waals surface area contributed by atoms with Crippen molar-refractivity contribution < 1.29 is 4.92 Å². The van der Waals surface area contributed by atoms with Gasteiger partial charge in [0.15, 0.2) is 0 Å². The Balaban J connectivity index is 1.82. The molecule has 0 aliphatic heterocycles. The normalized spacial score (nSPS) is 10.8. The lowest BCUT2D eigenvalue weighted by Gasteiger charge is -2.09. The summed E-state index contributed by atoms with van der Waals surface area (Å²) in [5.41, 5.74) is 2.00. The van der Waals surface area contributed by atoms with Crippen LogP contribution in [0.1, 0.15) is 10.7 Å². The fourth-order valence-electron chi connectivity index (χ4n) is 2.34. The summed E-state index contributed by atoms with van der Waals surface area (Å²) in [6.07, 6.45) is 3.98. The predicted molar refractivity (Wildman–Crippen MR) is 87.4 cm³/mol. The first-order valence-corrected chi connectivity index (χ1v) is 7.69. The number of nitrogens with zero attached hydrogens (tertiary/aromatic N) is 3. The van der Waals surface area contributed by atoms with E-state index in [1.807, 2.05) is 6.92 Å². The Kier molecular flexibility index (Phi) is 3.97. The van der Waals surface area contributed by atoms with Crippen LogP contribution in [-0.4, -0.2) is 21.4 Å². The first kappa shape index (κ1) is 14.4. The molecule has 0 saturated heterocycles. The number of thiazole rings is 1. The summed E-state index contributed by atoms with van der Waals surface area (Å²) in [4.78, 5) is 19.1. The number of aryl methyl sites for hydroxylation is 1. The highest BCUT2D eigenvalue weighted by Crippen LogP contribution is 2.30. The molecule has 0 aliphatic rings. The zero-order valence-corrected chi connectivity index (χ0v) is 12.8. The van der Waals surface area contributed by atoms with Crippen molar-refractivity contribution in [3.05, 3.63) is 56.8 Å². The Labute approximate surface area is 131 Å². The van der Waals surface area contributed by atoms with Crippen molar-refractivity contribution in [3.8, 4) is 0 Å². The second kappa shape index (κ2) is 6.07. The summed E-state index contributed by atoms with van der Waals surface area (Å²) >= 11 is 1.64. The molecule has 0 amide bonds. The Bertz CT molecular complexity index is 831. The van der Waals surface area contributed by atoms with Crippen molar-refractivity contribution in [3.63, 3.8) is 0 Å². The van der Waals surface area contributed by atoms with Gasteiger partial charge in [-0.3, -0.25) is 15.1 Å². The van der Waals surface area contributed by atoms with Gasteiger partial charge in [-0.25, -0.2) is 4.98 Å². The molecular weight excluding hydrogens is 300 g/mol. The zero-order valence-electron chi connectivity index (χ0n) is 11.9. The number of benzene rings is 1. The second-order valence-electron chi connectivity index (χ2n) is 4.85. The third-order valence-electron chi connectivity index (χ3n) is 3.35. The third kappa shape index (κ3) is 2.89. The van der Waals surface area contributed by atoms with E-state index in [4.69, 9.17) is 0 Å². The molecule has 3 rings (SSSR count). The van der Waals surface area contributed by atoms with Crippen LogP contribution in [0.15, 0.2) is 36.0 Å². The molecule has 0 unspecified atom stereocenters. The van der Waals surface area contributed by atoms with Crippen LogP contribution in [0.5, 0.6) is 0 Å². The lowest BCUT2D eigenvalue weighted by atomic mass is 10.1. The second-order valence-corrected chi connectivity index (χ2v) is 5.91. The minimum atomic E-state index is -0.383. The van der Waals surface area contributed by atoms with Crippen molar-refractivity contribution in [2.24, 2.45) is 0 Å². The Morgan fingerprint density at radius 3 is 2.91 bits per heavy atom. The number of nitrogens with one attached hydrogen (secondary N) is 1. The maximum atomic E-state index is 11.1. The van der Waals surface area contributed by atoms with Gasteiger partial charge in [0.1, 0.15) is 0 Å². The van der Waals surface area contributed by atoms with E-state index in [1.54, 1.807) is 29.7 Å². The summed E-state index contributed by atoms with van der Waals surface area (Å²) in [5, 5.41) is 18.9. The van der Waals surface area contributed by atoms with E-state index in [1.165, 1.54) is 12.3 Å². The number of hydrogen-bond acceptors (Lipinski definition) is 6. The highest BCUT2D eigenvalue weighted by atomic mass is 32.1. The van der Waals surface area contributed by atoms with E-state index in [-0.39, 0.29) is 10.6 Å². The lowest BCUT2D eigenvalue weighted by Crippen LogP contribution is -2.06. The molecule has 0 spiro atoms. The number of non-ortho nitro benzene ring substituents is 1. The van der Waals surface area contributed by atoms with Crippen molar-refractivity contribution in [2.45, 2.75) is 13.3 Å². The molecule has 6 nitrogen and oxygen atoms in total. The number of nitro benzene ring substituents is 1. The topological polar surface area (TPSA) is 81.0 Å². The van der Waals surface area contributed by atoms with Crippen molar-refractivity contribution in [1.29, 1.82) is 0 Å². The molecule has 2 aromatic heterocycles. The molecular formula is C15H14N4O2S. The predicted octanol–water partition coefficient (Wildman–Crippen LogP) is 3.56. The first-order valence-electron chi connectivity index (χ1n) is 6.81. The molecule has 1 aromatic carbocycles. The van der Waals surface area contributed by atoms with Gasteiger partial charge in [-0.15, -0.1) is 11.3 Å². The van der Waals surface area contributed by atoms with Gasteiger partial charge in [-0.2, -0.15) is 0 Å². The van der Waals surface area contributed by atoms with Crippen LogP contribution in [0.25, 0.3) is 10.8 Å². The average Bonchev–Trinajstić information content (AvgIpc) is 2.92. The summed E-state index contributed by atoms with van der Waals surface area (Å²) in [5.74, 6) is 0. The monoisotopic (exact) mass is 314 g/mol. The van der Waals surface area contributed by atoms with Crippen LogP contribution in [-0.2, 0) is 6.42 Å². The van der Waals surface area contributed by atoms with Crippen molar-refractivity contribution in [1.82, 2.24) is 9.97 Å². The van der Waals surface area contributed by atoms with Crippen LogP contribution in [0, 0.1) is 17.0 Å². The van der Waals surface area contributed by atoms with Gasteiger partial charge >= 0.3 is 0 Å². The molecule has 22 heavy (non-hydrogen) atoms. The van der Waals surface area contributed by atoms with Crippen LogP contribution in [0.3, 0.4) is 0 Å². The number of rotatable bonds is 5. The number of nitro groups is 1. The molecule has 1 N–H and O–H groups in total. The maximum absolute atomic E-state index is 11.1. The molecule has 0 radical (unpaired) electrons. The zero-order chi connectivity index (χ0) is 15.5. The summed E-state index contributed by atoms with van der Waals surface area (Å²) in [6.45, 7) is 2.71. The fraction of sp³-hybridized carbons (Fsp3) is 0.200. The van der Waals surface area contributed by atoms with Crippen LogP contribution in [0.2, 0.25) is 0 Å². The molecule has 7 heteroatoms. The molecule has 0 atom stereocenters. The SMILES string of the molecule is Cc1nc(CCNc2ccc([N+](=O)[O-])c3cnccc23)cs1. The molecule has 2 heterocycles. The van der Waals surface area contributed by atoms with Crippen LogP contribution >= 0.6 is 11.3 Å².